The predicted molar refractivity (Wildman–Crippen MR) is 61.8 cm³/mol. The van der Waals surface area contributed by atoms with Gasteiger partial charge in [0.15, 0.2) is 0 Å². The molecule has 0 aliphatic rings. The molecule has 0 aliphatic carbocycles. The SMILES string of the molecule is CC(C(=O)O)c1cc(N(C)C)ccc1C(F)(F)F. The second-order valence-corrected chi connectivity index (χ2v) is 4.22. The Morgan fingerprint density at radius 1 is 1.33 bits per heavy atom. The fourth-order valence-corrected chi connectivity index (χ4v) is 1.58. The van der Waals surface area contributed by atoms with Crippen LogP contribution in [0.15, 0.2) is 18.2 Å². The lowest BCUT2D eigenvalue weighted by Crippen LogP contribution is -2.17. The molecule has 1 N–H and O–H groups in total. The van der Waals surface area contributed by atoms with E-state index in [1.165, 1.54) is 19.1 Å². The Labute approximate surface area is 103 Å². The number of carbonyl (C=O) groups is 1. The summed E-state index contributed by atoms with van der Waals surface area (Å²) in [5.74, 6) is -2.49. The zero-order chi connectivity index (χ0) is 14.1. The molecule has 0 saturated carbocycles. The number of anilines is 1. The normalized spacial score (nSPS) is 13.2. The highest BCUT2D eigenvalue weighted by Crippen LogP contribution is 2.37. The van der Waals surface area contributed by atoms with Crippen LogP contribution in [-0.2, 0) is 11.0 Å². The number of benzene rings is 1. The molecule has 3 nitrogen and oxygen atoms in total. The van der Waals surface area contributed by atoms with Crippen molar-refractivity contribution < 1.29 is 23.1 Å². The van der Waals surface area contributed by atoms with E-state index in [0.29, 0.717) is 5.69 Å². The molecule has 0 bridgehead atoms. The van der Waals surface area contributed by atoms with Crippen molar-refractivity contribution >= 4 is 11.7 Å². The third kappa shape index (κ3) is 2.94. The molecular weight excluding hydrogens is 247 g/mol. The van der Waals surface area contributed by atoms with Crippen LogP contribution in [0.3, 0.4) is 0 Å². The van der Waals surface area contributed by atoms with Gasteiger partial charge < -0.3 is 10.0 Å². The Balaban J connectivity index is 3.40. The highest BCUT2D eigenvalue weighted by atomic mass is 19.4. The lowest BCUT2D eigenvalue weighted by Gasteiger charge is -2.20. The average Bonchev–Trinajstić information content (AvgIpc) is 2.25. The van der Waals surface area contributed by atoms with Gasteiger partial charge in [-0.25, -0.2) is 0 Å². The third-order valence-electron chi connectivity index (χ3n) is 2.69. The maximum Gasteiger partial charge on any atom is 0.416 e. The first-order chi connectivity index (χ1) is 8.14. The maximum absolute atomic E-state index is 12.8. The predicted octanol–water partition coefficient (Wildman–Crippen LogP) is 2.96. The monoisotopic (exact) mass is 261 g/mol. The smallest absolute Gasteiger partial charge is 0.416 e. The molecular formula is C12H14F3NO2. The lowest BCUT2D eigenvalue weighted by atomic mass is 9.94. The van der Waals surface area contributed by atoms with Gasteiger partial charge in [0.05, 0.1) is 11.5 Å². The number of nitrogens with zero attached hydrogens (tertiary/aromatic N) is 1. The summed E-state index contributed by atoms with van der Waals surface area (Å²) < 4.78 is 38.4. The Hall–Kier alpha value is -1.72. The van der Waals surface area contributed by atoms with Gasteiger partial charge in [-0.2, -0.15) is 13.2 Å². The summed E-state index contributed by atoms with van der Waals surface area (Å²) >= 11 is 0. The minimum absolute atomic E-state index is 0.221. The quantitative estimate of drug-likeness (QED) is 0.909. The second kappa shape index (κ2) is 4.88. The van der Waals surface area contributed by atoms with E-state index in [9.17, 15) is 18.0 Å². The number of rotatable bonds is 3. The van der Waals surface area contributed by atoms with Crippen LogP contribution in [0, 0.1) is 0 Å². The second-order valence-electron chi connectivity index (χ2n) is 4.22. The molecule has 0 fully saturated rings. The van der Waals surface area contributed by atoms with Crippen LogP contribution in [0.1, 0.15) is 24.0 Å². The van der Waals surface area contributed by atoms with E-state index >= 15 is 0 Å². The molecule has 1 rings (SSSR count). The zero-order valence-corrected chi connectivity index (χ0v) is 10.2. The van der Waals surface area contributed by atoms with Crippen molar-refractivity contribution in [2.24, 2.45) is 0 Å². The van der Waals surface area contributed by atoms with E-state index < -0.39 is 23.6 Å². The largest absolute Gasteiger partial charge is 0.481 e. The van der Waals surface area contributed by atoms with Crippen molar-refractivity contribution in [3.63, 3.8) is 0 Å². The van der Waals surface area contributed by atoms with E-state index in [4.69, 9.17) is 5.11 Å². The number of hydrogen-bond acceptors (Lipinski definition) is 2. The van der Waals surface area contributed by atoms with Crippen LogP contribution in [-0.4, -0.2) is 25.2 Å². The molecule has 0 heterocycles. The highest BCUT2D eigenvalue weighted by Gasteiger charge is 2.35. The first-order valence-electron chi connectivity index (χ1n) is 5.26. The Kier molecular flexibility index (Phi) is 3.88. The van der Waals surface area contributed by atoms with Gasteiger partial charge in [0.25, 0.3) is 0 Å². The van der Waals surface area contributed by atoms with E-state index in [1.54, 1.807) is 19.0 Å². The summed E-state index contributed by atoms with van der Waals surface area (Å²) in [5, 5.41) is 8.87. The Bertz CT molecular complexity index is 455. The van der Waals surface area contributed by atoms with Crippen molar-refractivity contribution in [2.45, 2.75) is 19.0 Å². The molecule has 0 amide bonds. The van der Waals surface area contributed by atoms with E-state index in [-0.39, 0.29) is 5.56 Å². The lowest BCUT2D eigenvalue weighted by molar-refractivity contribution is -0.141. The molecule has 1 atom stereocenters. The molecule has 0 aromatic heterocycles. The van der Waals surface area contributed by atoms with Gasteiger partial charge in [0.1, 0.15) is 0 Å². The van der Waals surface area contributed by atoms with E-state index in [0.717, 1.165) is 6.07 Å². The summed E-state index contributed by atoms with van der Waals surface area (Å²) in [5.41, 5.74) is -0.588. The van der Waals surface area contributed by atoms with Crippen molar-refractivity contribution in [1.82, 2.24) is 0 Å². The summed E-state index contributed by atoms with van der Waals surface area (Å²) in [7, 11) is 3.36. The van der Waals surface area contributed by atoms with Gasteiger partial charge in [-0.3, -0.25) is 4.79 Å². The molecule has 100 valence electrons. The molecule has 0 saturated heterocycles. The van der Waals surface area contributed by atoms with Crippen LogP contribution >= 0.6 is 0 Å². The molecule has 0 spiro atoms. The number of carboxylic acid groups (broad SMARTS) is 1. The number of carboxylic acids is 1. The van der Waals surface area contributed by atoms with Crippen molar-refractivity contribution in [1.29, 1.82) is 0 Å². The van der Waals surface area contributed by atoms with Gasteiger partial charge in [0, 0.05) is 19.8 Å². The highest BCUT2D eigenvalue weighted by molar-refractivity contribution is 5.77. The van der Waals surface area contributed by atoms with Crippen LogP contribution in [0.2, 0.25) is 0 Å². The summed E-state index contributed by atoms with van der Waals surface area (Å²) in [6, 6.07) is 3.51. The molecule has 0 radical (unpaired) electrons. The summed E-state index contributed by atoms with van der Waals surface area (Å²) in [4.78, 5) is 12.5. The van der Waals surface area contributed by atoms with Crippen LogP contribution in [0.4, 0.5) is 18.9 Å². The van der Waals surface area contributed by atoms with Gasteiger partial charge in [0.2, 0.25) is 0 Å². The fourth-order valence-electron chi connectivity index (χ4n) is 1.58. The molecule has 0 aliphatic heterocycles. The van der Waals surface area contributed by atoms with Gasteiger partial charge in [-0.15, -0.1) is 0 Å². The molecule has 1 aromatic carbocycles. The van der Waals surface area contributed by atoms with Crippen LogP contribution in [0.25, 0.3) is 0 Å². The minimum Gasteiger partial charge on any atom is -0.481 e. The standard InChI is InChI=1S/C12H14F3NO2/c1-7(11(17)18)9-6-8(16(2)3)4-5-10(9)12(13,14)15/h4-7H,1-3H3,(H,17,18). The topological polar surface area (TPSA) is 40.5 Å². The van der Waals surface area contributed by atoms with Gasteiger partial charge in [-0.05, 0) is 30.7 Å². The van der Waals surface area contributed by atoms with Crippen molar-refractivity contribution in [3.05, 3.63) is 29.3 Å². The number of aliphatic carboxylic acids is 1. The average molecular weight is 261 g/mol. The van der Waals surface area contributed by atoms with Gasteiger partial charge in [-0.1, -0.05) is 0 Å². The van der Waals surface area contributed by atoms with Crippen LogP contribution in [0.5, 0.6) is 0 Å². The van der Waals surface area contributed by atoms with Crippen LogP contribution < -0.4 is 4.90 Å². The number of halogens is 3. The Morgan fingerprint density at radius 2 is 1.89 bits per heavy atom. The summed E-state index contributed by atoms with van der Waals surface area (Å²) in [6.45, 7) is 1.24. The van der Waals surface area contributed by atoms with E-state index in [2.05, 4.69) is 0 Å². The third-order valence-corrected chi connectivity index (χ3v) is 2.69. The van der Waals surface area contributed by atoms with Gasteiger partial charge >= 0.3 is 12.1 Å². The number of alkyl halides is 3. The van der Waals surface area contributed by atoms with E-state index in [1.807, 2.05) is 0 Å². The fraction of sp³-hybridized carbons (Fsp3) is 0.417. The first-order valence-corrected chi connectivity index (χ1v) is 5.26. The summed E-state index contributed by atoms with van der Waals surface area (Å²) in [6.07, 6.45) is -4.55. The molecule has 1 unspecified atom stereocenters. The maximum atomic E-state index is 12.8. The first kappa shape index (κ1) is 14.3. The van der Waals surface area contributed by atoms with Crippen molar-refractivity contribution in [3.8, 4) is 0 Å². The van der Waals surface area contributed by atoms with Crippen molar-refractivity contribution in [2.75, 3.05) is 19.0 Å². The minimum atomic E-state index is -4.55. The molecule has 1 aromatic rings. The number of hydrogen-bond donors (Lipinski definition) is 1. The Morgan fingerprint density at radius 3 is 2.28 bits per heavy atom. The molecule has 6 heteroatoms. The zero-order valence-electron chi connectivity index (χ0n) is 10.2. The molecule has 18 heavy (non-hydrogen) atoms.